The molecule has 0 bridgehead atoms. The first-order valence-electron chi connectivity index (χ1n) is 6.68. The van der Waals surface area contributed by atoms with Gasteiger partial charge < -0.3 is 10.2 Å². The van der Waals surface area contributed by atoms with Gasteiger partial charge in [-0.25, -0.2) is 0 Å². The first-order chi connectivity index (χ1) is 7.68. The third-order valence-electron chi connectivity index (χ3n) is 4.11. The number of carbonyl (C=O) groups is 1. The minimum atomic E-state index is 0.157. The molecule has 2 aliphatic heterocycles. The average molecular weight is 224 g/mol. The lowest BCUT2D eigenvalue weighted by Crippen LogP contribution is -2.42. The van der Waals surface area contributed by atoms with Crippen LogP contribution in [0.5, 0.6) is 0 Å². The predicted molar refractivity (Wildman–Crippen MR) is 65.1 cm³/mol. The number of hydrogen-bond donors (Lipinski definition) is 1. The number of nitrogens with zero attached hydrogens (tertiary/aromatic N) is 1. The zero-order valence-electron chi connectivity index (χ0n) is 10.5. The van der Waals surface area contributed by atoms with Crippen LogP contribution in [0.25, 0.3) is 0 Å². The molecule has 0 aromatic carbocycles. The molecule has 0 aliphatic carbocycles. The Morgan fingerprint density at radius 1 is 1.19 bits per heavy atom. The summed E-state index contributed by atoms with van der Waals surface area (Å²) in [7, 11) is 0. The molecule has 1 unspecified atom stereocenters. The third-order valence-corrected chi connectivity index (χ3v) is 4.11. The minimum Gasteiger partial charge on any atom is -0.342 e. The predicted octanol–water partition coefficient (Wildman–Crippen LogP) is 1.49. The second-order valence-electron chi connectivity index (χ2n) is 5.57. The summed E-state index contributed by atoms with van der Waals surface area (Å²) >= 11 is 0. The van der Waals surface area contributed by atoms with Crippen LogP contribution in [0, 0.1) is 17.8 Å². The van der Waals surface area contributed by atoms with Gasteiger partial charge in [0.1, 0.15) is 0 Å². The van der Waals surface area contributed by atoms with Crippen LogP contribution in [0.2, 0.25) is 0 Å². The van der Waals surface area contributed by atoms with E-state index in [0.29, 0.717) is 5.91 Å². The van der Waals surface area contributed by atoms with Gasteiger partial charge in [-0.3, -0.25) is 4.79 Å². The molecule has 3 nitrogen and oxygen atoms in total. The van der Waals surface area contributed by atoms with Crippen molar-refractivity contribution >= 4 is 5.91 Å². The number of rotatable bonds is 2. The van der Waals surface area contributed by atoms with Gasteiger partial charge >= 0.3 is 0 Å². The summed E-state index contributed by atoms with van der Waals surface area (Å²) < 4.78 is 0. The quantitative estimate of drug-likeness (QED) is 0.771. The summed E-state index contributed by atoms with van der Waals surface area (Å²) in [5.41, 5.74) is 0. The van der Waals surface area contributed by atoms with Gasteiger partial charge in [0.25, 0.3) is 0 Å². The van der Waals surface area contributed by atoms with Crippen LogP contribution in [0.4, 0.5) is 0 Å². The molecule has 16 heavy (non-hydrogen) atoms. The topological polar surface area (TPSA) is 32.3 Å². The lowest BCUT2D eigenvalue weighted by molar-refractivity contribution is -0.136. The van der Waals surface area contributed by atoms with E-state index in [0.717, 1.165) is 24.9 Å². The fourth-order valence-corrected chi connectivity index (χ4v) is 3.04. The van der Waals surface area contributed by atoms with Gasteiger partial charge in [0.05, 0.1) is 0 Å². The zero-order valence-corrected chi connectivity index (χ0v) is 10.5. The first kappa shape index (κ1) is 11.9. The van der Waals surface area contributed by atoms with E-state index in [1.165, 1.54) is 32.4 Å². The van der Waals surface area contributed by atoms with Crippen molar-refractivity contribution in [2.45, 2.75) is 33.1 Å². The largest absolute Gasteiger partial charge is 0.342 e. The highest BCUT2D eigenvalue weighted by Gasteiger charge is 2.30. The highest BCUT2D eigenvalue weighted by atomic mass is 16.2. The number of piperidine rings is 1. The molecule has 0 aromatic rings. The summed E-state index contributed by atoms with van der Waals surface area (Å²) in [4.78, 5) is 13.9. The van der Waals surface area contributed by atoms with Crippen molar-refractivity contribution in [3.8, 4) is 0 Å². The molecule has 0 aromatic heterocycles. The molecule has 1 atom stereocenters. The average Bonchev–Trinajstić information content (AvgIpc) is 2.81. The van der Waals surface area contributed by atoms with Crippen molar-refractivity contribution in [3.63, 3.8) is 0 Å². The van der Waals surface area contributed by atoms with Crippen molar-refractivity contribution < 1.29 is 4.79 Å². The Labute approximate surface area is 98.6 Å². The van der Waals surface area contributed by atoms with E-state index in [-0.39, 0.29) is 5.92 Å². The van der Waals surface area contributed by atoms with Crippen molar-refractivity contribution in [3.05, 3.63) is 0 Å². The summed E-state index contributed by atoms with van der Waals surface area (Å²) in [5, 5.41) is 3.44. The van der Waals surface area contributed by atoms with Gasteiger partial charge in [0, 0.05) is 19.0 Å². The molecule has 2 saturated heterocycles. The number of carbonyl (C=O) groups excluding carboxylic acids is 1. The zero-order chi connectivity index (χ0) is 11.5. The van der Waals surface area contributed by atoms with E-state index in [4.69, 9.17) is 0 Å². The SMILES string of the molecule is CC(C)C(=O)N1CCC(C2CCNC2)CC1. The molecule has 0 spiro atoms. The molecular weight excluding hydrogens is 200 g/mol. The smallest absolute Gasteiger partial charge is 0.225 e. The van der Waals surface area contributed by atoms with E-state index < -0.39 is 0 Å². The van der Waals surface area contributed by atoms with Crippen molar-refractivity contribution in [2.24, 2.45) is 17.8 Å². The molecule has 0 radical (unpaired) electrons. The van der Waals surface area contributed by atoms with Crippen molar-refractivity contribution in [2.75, 3.05) is 26.2 Å². The third kappa shape index (κ3) is 2.57. The summed E-state index contributed by atoms with van der Waals surface area (Å²) in [6, 6.07) is 0. The maximum absolute atomic E-state index is 11.8. The summed E-state index contributed by atoms with van der Waals surface area (Å²) in [6.45, 7) is 8.35. The maximum atomic E-state index is 11.8. The monoisotopic (exact) mass is 224 g/mol. The molecule has 2 heterocycles. The Hall–Kier alpha value is -0.570. The summed E-state index contributed by atoms with van der Waals surface area (Å²) in [6.07, 6.45) is 3.76. The highest BCUT2D eigenvalue weighted by molar-refractivity contribution is 5.78. The first-order valence-corrected chi connectivity index (χ1v) is 6.68. The van der Waals surface area contributed by atoms with Gasteiger partial charge in [-0.1, -0.05) is 13.8 Å². The molecule has 2 aliphatic rings. The minimum absolute atomic E-state index is 0.157. The van der Waals surface area contributed by atoms with Crippen LogP contribution in [0.15, 0.2) is 0 Å². The van der Waals surface area contributed by atoms with Gasteiger partial charge in [-0.2, -0.15) is 0 Å². The van der Waals surface area contributed by atoms with Gasteiger partial charge in [-0.15, -0.1) is 0 Å². The van der Waals surface area contributed by atoms with E-state index in [1.807, 2.05) is 13.8 Å². The summed E-state index contributed by atoms with van der Waals surface area (Å²) in [5.74, 6) is 2.22. The number of likely N-dealkylation sites (tertiary alicyclic amines) is 1. The van der Waals surface area contributed by atoms with E-state index in [2.05, 4.69) is 10.2 Å². The standard InChI is InChI=1S/C13H24N2O/c1-10(2)13(16)15-7-4-11(5-8-15)12-3-6-14-9-12/h10-12,14H,3-9H2,1-2H3. The van der Waals surface area contributed by atoms with Crippen LogP contribution in [0.3, 0.4) is 0 Å². The van der Waals surface area contributed by atoms with Gasteiger partial charge in [0.2, 0.25) is 5.91 Å². The number of hydrogen-bond acceptors (Lipinski definition) is 2. The van der Waals surface area contributed by atoms with Crippen molar-refractivity contribution in [1.82, 2.24) is 10.2 Å². The van der Waals surface area contributed by atoms with Gasteiger partial charge in [0.15, 0.2) is 0 Å². The van der Waals surface area contributed by atoms with Gasteiger partial charge in [-0.05, 0) is 44.2 Å². The number of amides is 1. The number of nitrogens with one attached hydrogen (secondary N) is 1. The Kier molecular flexibility index (Phi) is 3.85. The van der Waals surface area contributed by atoms with Crippen LogP contribution in [-0.4, -0.2) is 37.0 Å². The molecule has 92 valence electrons. The van der Waals surface area contributed by atoms with E-state index >= 15 is 0 Å². The fraction of sp³-hybridized carbons (Fsp3) is 0.923. The Morgan fingerprint density at radius 3 is 2.38 bits per heavy atom. The Morgan fingerprint density at radius 2 is 1.88 bits per heavy atom. The second kappa shape index (κ2) is 5.17. The van der Waals surface area contributed by atoms with Crippen LogP contribution in [0.1, 0.15) is 33.1 Å². The fourth-order valence-electron chi connectivity index (χ4n) is 3.04. The molecule has 3 heteroatoms. The molecule has 2 rings (SSSR count). The normalized spacial score (nSPS) is 27.7. The Bertz CT molecular complexity index is 238. The van der Waals surface area contributed by atoms with Crippen LogP contribution in [-0.2, 0) is 4.79 Å². The van der Waals surface area contributed by atoms with Crippen molar-refractivity contribution in [1.29, 1.82) is 0 Å². The lowest BCUT2D eigenvalue weighted by Gasteiger charge is -2.35. The van der Waals surface area contributed by atoms with E-state index in [9.17, 15) is 4.79 Å². The lowest BCUT2D eigenvalue weighted by atomic mass is 9.83. The van der Waals surface area contributed by atoms with Crippen LogP contribution >= 0.6 is 0 Å². The molecular formula is C13H24N2O. The van der Waals surface area contributed by atoms with Crippen LogP contribution < -0.4 is 5.32 Å². The van der Waals surface area contributed by atoms with E-state index in [1.54, 1.807) is 0 Å². The highest BCUT2D eigenvalue weighted by Crippen LogP contribution is 2.29. The molecule has 2 fully saturated rings. The molecule has 1 amide bonds. The molecule has 1 N–H and O–H groups in total. The Balaban J connectivity index is 1.80. The maximum Gasteiger partial charge on any atom is 0.225 e. The molecule has 0 saturated carbocycles. The second-order valence-corrected chi connectivity index (χ2v) is 5.57.